The smallest absolute Gasteiger partial charge is 0.217 e. The predicted octanol–water partition coefficient (Wildman–Crippen LogP) is 0.277. The zero-order valence-corrected chi connectivity index (χ0v) is 11.3. The molecule has 0 unspecified atom stereocenters. The molecule has 1 amide bonds. The lowest BCUT2D eigenvalue weighted by molar-refractivity contribution is -0.118. The van der Waals surface area contributed by atoms with Crippen molar-refractivity contribution in [3.05, 3.63) is 23.7 Å². The number of fused-ring (bicyclic) bond motifs is 1. The lowest BCUT2D eigenvalue weighted by Gasteiger charge is -2.09. The molecule has 0 bridgehead atoms. The Morgan fingerprint density at radius 3 is 3.20 bits per heavy atom. The summed E-state index contributed by atoms with van der Waals surface area (Å²) in [6.45, 7) is 0.990. The number of carbonyl (C=O) groups excluding carboxylic acids is 1. The van der Waals surface area contributed by atoms with Crippen molar-refractivity contribution in [2.45, 2.75) is 19.3 Å². The molecule has 104 valence electrons. The van der Waals surface area contributed by atoms with E-state index in [9.17, 15) is 4.79 Å². The van der Waals surface area contributed by atoms with E-state index in [1.807, 2.05) is 7.05 Å². The summed E-state index contributed by atoms with van der Waals surface area (Å²) >= 11 is 0. The summed E-state index contributed by atoms with van der Waals surface area (Å²) in [6.07, 6.45) is 3.51. The van der Waals surface area contributed by atoms with E-state index in [-0.39, 0.29) is 12.3 Å². The van der Waals surface area contributed by atoms with E-state index in [2.05, 4.69) is 31.1 Å². The molecule has 0 aromatic carbocycles. The summed E-state index contributed by atoms with van der Waals surface area (Å²) in [5.41, 5.74) is 7.22. The van der Waals surface area contributed by atoms with Gasteiger partial charge in [-0.05, 0) is 18.1 Å². The highest BCUT2D eigenvalue weighted by atomic mass is 16.1. The first-order valence-electron chi connectivity index (χ1n) is 6.53. The van der Waals surface area contributed by atoms with Gasteiger partial charge in [-0.3, -0.25) is 9.89 Å². The maximum Gasteiger partial charge on any atom is 0.217 e. The van der Waals surface area contributed by atoms with Gasteiger partial charge < -0.3 is 10.6 Å². The van der Waals surface area contributed by atoms with Crippen molar-refractivity contribution < 1.29 is 4.79 Å². The molecule has 0 saturated heterocycles. The second-order valence-corrected chi connectivity index (χ2v) is 4.95. The standard InChI is InChI=1S/C13H16N6O/c1-19-5-4-8-6-9(7-15-13(8)19)12-16-11(17-18-12)3-2-10(14)20/h6-7H,2-5H2,1H3,(H2,14,20)(H,16,17,18). The second-order valence-electron chi connectivity index (χ2n) is 4.95. The number of carbonyl (C=O) groups is 1. The number of anilines is 1. The molecule has 2 aromatic heterocycles. The zero-order chi connectivity index (χ0) is 14.1. The number of hydrogen-bond donors (Lipinski definition) is 2. The fourth-order valence-corrected chi connectivity index (χ4v) is 2.32. The average molecular weight is 272 g/mol. The lowest BCUT2D eigenvalue weighted by Crippen LogP contribution is -2.13. The number of primary amides is 1. The van der Waals surface area contributed by atoms with Gasteiger partial charge in [-0.1, -0.05) is 0 Å². The highest BCUT2D eigenvalue weighted by Crippen LogP contribution is 2.27. The Morgan fingerprint density at radius 1 is 1.55 bits per heavy atom. The molecule has 3 rings (SSSR count). The molecular weight excluding hydrogens is 256 g/mol. The van der Waals surface area contributed by atoms with Crippen LogP contribution in [0.25, 0.3) is 11.4 Å². The molecule has 1 aliphatic rings. The van der Waals surface area contributed by atoms with Gasteiger partial charge in [0.2, 0.25) is 5.91 Å². The average Bonchev–Trinajstić information content (AvgIpc) is 3.04. The summed E-state index contributed by atoms with van der Waals surface area (Å²) in [5.74, 6) is 1.95. The predicted molar refractivity (Wildman–Crippen MR) is 74.1 cm³/mol. The van der Waals surface area contributed by atoms with Gasteiger partial charge in [0.1, 0.15) is 11.6 Å². The number of likely N-dealkylation sites (N-methyl/N-ethyl adjacent to an activating group) is 1. The number of aryl methyl sites for hydroxylation is 1. The van der Waals surface area contributed by atoms with Gasteiger partial charge in [-0.2, -0.15) is 5.10 Å². The van der Waals surface area contributed by atoms with Gasteiger partial charge >= 0.3 is 0 Å². The van der Waals surface area contributed by atoms with Crippen LogP contribution in [0, 0.1) is 0 Å². The number of aromatic amines is 1. The normalized spacial score (nSPS) is 13.6. The van der Waals surface area contributed by atoms with E-state index < -0.39 is 0 Å². The monoisotopic (exact) mass is 272 g/mol. The molecule has 2 aromatic rings. The summed E-state index contributed by atoms with van der Waals surface area (Å²) in [4.78, 5) is 21.7. The molecule has 0 aliphatic carbocycles. The van der Waals surface area contributed by atoms with Crippen molar-refractivity contribution in [3.63, 3.8) is 0 Å². The van der Waals surface area contributed by atoms with Crippen LogP contribution < -0.4 is 10.6 Å². The highest BCUT2D eigenvalue weighted by Gasteiger charge is 2.18. The minimum Gasteiger partial charge on any atom is -0.370 e. The van der Waals surface area contributed by atoms with E-state index in [1.54, 1.807) is 6.20 Å². The molecule has 7 heteroatoms. The molecule has 1 aliphatic heterocycles. The van der Waals surface area contributed by atoms with E-state index in [1.165, 1.54) is 5.56 Å². The van der Waals surface area contributed by atoms with Crippen molar-refractivity contribution in [1.82, 2.24) is 20.2 Å². The largest absolute Gasteiger partial charge is 0.370 e. The first-order valence-corrected chi connectivity index (χ1v) is 6.53. The quantitative estimate of drug-likeness (QED) is 0.832. The van der Waals surface area contributed by atoms with Gasteiger partial charge in [-0.25, -0.2) is 9.97 Å². The molecular formula is C13H16N6O. The van der Waals surface area contributed by atoms with Crippen LogP contribution in [0.15, 0.2) is 12.3 Å². The number of nitrogens with one attached hydrogen (secondary N) is 1. The van der Waals surface area contributed by atoms with Crippen LogP contribution in [0.2, 0.25) is 0 Å². The van der Waals surface area contributed by atoms with Crippen LogP contribution in [-0.4, -0.2) is 39.7 Å². The van der Waals surface area contributed by atoms with Crippen molar-refractivity contribution in [1.29, 1.82) is 0 Å². The SMILES string of the molecule is CN1CCc2cc(-c3n[nH]c(CCC(N)=O)n3)cnc21. The van der Waals surface area contributed by atoms with Gasteiger partial charge in [-0.15, -0.1) is 0 Å². The Hall–Kier alpha value is -2.44. The summed E-state index contributed by atoms with van der Waals surface area (Å²) in [6, 6.07) is 2.08. The third-order valence-electron chi connectivity index (χ3n) is 3.42. The van der Waals surface area contributed by atoms with Crippen molar-refractivity contribution in [3.8, 4) is 11.4 Å². The molecule has 20 heavy (non-hydrogen) atoms. The van der Waals surface area contributed by atoms with Crippen LogP contribution in [-0.2, 0) is 17.6 Å². The Labute approximate surface area is 116 Å². The lowest BCUT2D eigenvalue weighted by atomic mass is 10.1. The number of nitrogens with zero attached hydrogens (tertiary/aromatic N) is 4. The maximum atomic E-state index is 10.8. The van der Waals surface area contributed by atoms with Gasteiger partial charge in [0.25, 0.3) is 0 Å². The topological polar surface area (TPSA) is 101 Å². The number of rotatable bonds is 4. The zero-order valence-electron chi connectivity index (χ0n) is 11.3. The van der Waals surface area contributed by atoms with E-state index >= 15 is 0 Å². The molecule has 3 N–H and O–H groups in total. The Morgan fingerprint density at radius 2 is 2.40 bits per heavy atom. The van der Waals surface area contributed by atoms with Crippen molar-refractivity contribution in [2.24, 2.45) is 5.73 Å². The maximum absolute atomic E-state index is 10.8. The number of nitrogens with two attached hydrogens (primary N) is 1. The Balaban J connectivity index is 1.81. The van der Waals surface area contributed by atoms with Crippen LogP contribution in [0.1, 0.15) is 17.8 Å². The fraction of sp³-hybridized carbons (Fsp3) is 0.385. The van der Waals surface area contributed by atoms with Crippen LogP contribution in [0.3, 0.4) is 0 Å². The van der Waals surface area contributed by atoms with E-state index in [4.69, 9.17) is 5.73 Å². The Kier molecular flexibility index (Phi) is 3.09. The summed E-state index contributed by atoms with van der Waals surface area (Å²) in [7, 11) is 2.03. The minimum atomic E-state index is -0.342. The van der Waals surface area contributed by atoms with Gasteiger partial charge in [0.05, 0.1) is 0 Å². The first kappa shape index (κ1) is 12.6. The molecule has 0 radical (unpaired) electrons. The number of aromatic nitrogens is 4. The summed E-state index contributed by atoms with van der Waals surface area (Å²) in [5, 5.41) is 7.00. The number of pyridine rings is 1. The Bertz CT molecular complexity index is 650. The number of hydrogen-bond acceptors (Lipinski definition) is 5. The van der Waals surface area contributed by atoms with Crippen LogP contribution in [0.4, 0.5) is 5.82 Å². The number of H-pyrrole nitrogens is 1. The van der Waals surface area contributed by atoms with Gasteiger partial charge in [0.15, 0.2) is 5.82 Å². The van der Waals surface area contributed by atoms with Crippen molar-refractivity contribution >= 4 is 11.7 Å². The molecule has 7 nitrogen and oxygen atoms in total. The van der Waals surface area contributed by atoms with Crippen LogP contribution >= 0.6 is 0 Å². The second kappa shape index (κ2) is 4.92. The van der Waals surface area contributed by atoms with E-state index in [0.29, 0.717) is 18.1 Å². The minimum absolute atomic E-state index is 0.266. The first-order chi connectivity index (χ1) is 9.63. The van der Waals surface area contributed by atoms with Gasteiger partial charge in [0, 0.05) is 38.2 Å². The highest BCUT2D eigenvalue weighted by molar-refractivity contribution is 5.73. The van der Waals surface area contributed by atoms with Crippen LogP contribution in [0.5, 0.6) is 0 Å². The number of amides is 1. The third-order valence-corrected chi connectivity index (χ3v) is 3.42. The molecule has 0 fully saturated rings. The fourth-order valence-electron chi connectivity index (χ4n) is 2.32. The third kappa shape index (κ3) is 2.34. The summed E-state index contributed by atoms with van der Waals surface area (Å²) < 4.78 is 0. The molecule has 3 heterocycles. The molecule has 0 atom stereocenters. The molecule has 0 spiro atoms. The van der Waals surface area contributed by atoms with Crippen molar-refractivity contribution in [2.75, 3.05) is 18.5 Å². The van der Waals surface area contributed by atoms with E-state index in [0.717, 1.165) is 24.3 Å². The molecule has 0 saturated carbocycles.